The molecule has 0 bridgehead atoms. The second-order valence-electron chi connectivity index (χ2n) is 4.23. The lowest BCUT2D eigenvalue weighted by molar-refractivity contribution is 0.529. The molecule has 3 heteroatoms. The fourth-order valence-electron chi connectivity index (χ4n) is 2.32. The molecule has 1 atom stereocenters. The lowest BCUT2D eigenvalue weighted by atomic mass is 10.0. The van der Waals surface area contributed by atoms with Gasteiger partial charge in [-0.05, 0) is 18.8 Å². The zero-order valence-corrected chi connectivity index (χ0v) is 9.11. The Morgan fingerprint density at radius 1 is 1.57 bits per heavy atom. The van der Waals surface area contributed by atoms with Crippen molar-refractivity contribution in [3.05, 3.63) is 12.4 Å². The van der Waals surface area contributed by atoms with E-state index < -0.39 is 0 Å². The highest BCUT2D eigenvalue weighted by Gasteiger charge is 2.23. The van der Waals surface area contributed by atoms with Gasteiger partial charge in [-0.3, -0.25) is 0 Å². The van der Waals surface area contributed by atoms with Crippen LogP contribution in [0.1, 0.15) is 26.2 Å². The summed E-state index contributed by atoms with van der Waals surface area (Å²) in [7, 11) is 2.06. The fraction of sp³-hybridized carbons (Fsp3) is 0.727. The van der Waals surface area contributed by atoms with Gasteiger partial charge in [0.05, 0.1) is 0 Å². The van der Waals surface area contributed by atoms with Gasteiger partial charge in [0.1, 0.15) is 0 Å². The Bertz CT molecular complexity index is 292. The molecular weight excluding hydrogens is 174 g/mol. The van der Waals surface area contributed by atoms with E-state index >= 15 is 0 Å². The molecule has 1 fully saturated rings. The van der Waals surface area contributed by atoms with E-state index in [1.165, 1.54) is 32.4 Å². The molecule has 14 heavy (non-hydrogen) atoms. The van der Waals surface area contributed by atoms with E-state index in [1.54, 1.807) is 0 Å². The summed E-state index contributed by atoms with van der Waals surface area (Å²) in [6, 6.07) is 0. The largest absolute Gasteiger partial charge is 0.342 e. The number of hydrogen-bond donors (Lipinski definition) is 0. The van der Waals surface area contributed by atoms with Gasteiger partial charge in [-0.2, -0.15) is 0 Å². The molecule has 1 saturated heterocycles. The molecule has 0 N–H and O–H groups in total. The molecule has 1 aliphatic heterocycles. The Kier molecular flexibility index (Phi) is 2.75. The Labute approximate surface area is 85.7 Å². The van der Waals surface area contributed by atoms with Crippen LogP contribution in [-0.2, 0) is 7.05 Å². The maximum Gasteiger partial charge on any atom is 0.205 e. The van der Waals surface area contributed by atoms with Crippen LogP contribution in [-0.4, -0.2) is 22.6 Å². The number of anilines is 1. The average molecular weight is 193 g/mol. The highest BCUT2D eigenvalue weighted by molar-refractivity contribution is 5.32. The molecule has 2 rings (SSSR count). The Balaban J connectivity index is 1.99. The predicted molar refractivity (Wildman–Crippen MR) is 58.4 cm³/mol. The van der Waals surface area contributed by atoms with E-state index in [-0.39, 0.29) is 0 Å². The first kappa shape index (κ1) is 9.56. The van der Waals surface area contributed by atoms with Gasteiger partial charge in [-0.15, -0.1) is 0 Å². The number of aromatic nitrogens is 2. The number of nitrogens with zero attached hydrogens (tertiary/aromatic N) is 3. The molecule has 78 valence electrons. The van der Waals surface area contributed by atoms with Crippen LogP contribution in [0.3, 0.4) is 0 Å². The van der Waals surface area contributed by atoms with Crippen molar-refractivity contribution in [1.82, 2.24) is 9.55 Å². The average Bonchev–Trinajstić information content (AvgIpc) is 2.74. The first-order valence-corrected chi connectivity index (χ1v) is 5.53. The smallest absolute Gasteiger partial charge is 0.205 e. The molecule has 0 aliphatic carbocycles. The van der Waals surface area contributed by atoms with E-state index in [0.717, 1.165) is 11.9 Å². The van der Waals surface area contributed by atoms with Crippen LogP contribution < -0.4 is 4.90 Å². The molecule has 1 aromatic heterocycles. The highest BCUT2D eigenvalue weighted by Crippen LogP contribution is 2.24. The molecule has 0 amide bonds. The van der Waals surface area contributed by atoms with Crippen molar-refractivity contribution in [2.45, 2.75) is 26.2 Å². The first-order valence-electron chi connectivity index (χ1n) is 5.53. The van der Waals surface area contributed by atoms with Gasteiger partial charge >= 0.3 is 0 Å². The second-order valence-corrected chi connectivity index (χ2v) is 4.23. The van der Waals surface area contributed by atoms with Gasteiger partial charge in [0.15, 0.2) is 0 Å². The van der Waals surface area contributed by atoms with Crippen LogP contribution in [0.4, 0.5) is 5.95 Å². The van der Waals surface area contributed by atoms with Crippen LogP contribution in [0.15, 0.2) is 12.4 Å². The molecule has 3 nitrogen and oxygen atoms in total. The predicted octanol–water partition coefficient (Wildman–Crippen LogP) is 2.05. The summed E-state index contributed by atoms with van der Waals surface area (Å²) in [5.41, 5.74) is 0. The van der Waals surface area contributed by atoms with Gasteiger partial charge in [-0.1, -0.05) is 13.3 Å². The van der Waals surface area contributed by atoms with Crippen LogP contribution in [0, 0.1) is 5.92 Å². The number of hydrogen-bond acceptors (Lipinski definition) is 2. The van der Waals surface area contributed by atoms with Gasteiger partial charge in [0.25, 0.3) is 0 Å². The van der Waals surface area contributed by atoms with Crippen molar-refractivity contribution < 1.29 is 0 Å². The molecular formula is C11H19N3. The monoisotopic (exact) mass is 193 g/mol. The van der Waals surface area contributed by atoms with Gasteiger partial charge in [0.2, 0.25) is 5.95 Å². The molecule has 1 unspecified atom stereocenters. The minimum absolute atomic E-state index is 0.886. The van der Waals surface area contributed by atoms with Crippen molar-refractivity contribution >= 4 is 5.95 Å². The maximum absolute atomic E-state index is 4.38. The third-order valence-corrected chi connectivity index (χ3v) is 3.06. The van der Waals surface area contributed by atoms with Gasteiger partial charge in [-0.25, -0.2) is 4.98 Å². The lowest BCUT2D eigenvalue weighted by Gasteiger charge is -2.17. The summed E-state index contributed by atoms with van der Waals surface area (Å²) in [6.45, 7) is 4.64. The third kappa shape index (κ3) is 1.76. The normalized spacial score (nSPS) is 21.9. The first-order chi connectivity index (χ1) is 6.81. The zero-order chi connectivity index (χ0) is 9.97. The summed E-state index contributed by atoms with van der Waals surface area (Å²) in [4.78, 5) is 6.78. The van der Waals surface area contributed by atoms with Crippen LogP contribution in [0.2, 0.25) is 0 Å². The van der Waals surface area contributed by atoms with E-state index in [0.29, 0.717) is 0 Å². The Hall–Kier alpha value is -0.990. The van der Waals surface area contributed by atoms with E-state index in [2.05, 4.69) is 28.4 Å². The summed E-state index contributed by atoms with van der Waals surface area (Å²) >= 11 is 0. The minimum Gasteiger partial charge on any atom is -0.342 e. The quantitative estimate of drug-likeness (QED) is 0.732. The molecule has 0 saturated carbocycles. The summed E-state index contributed by atoms with van der Waals surface area (Å²) in [5, 5.41) is 0. The van der Waals surface area contributed by atoms with Crippen molar-refractivity contribution in [1.29, 1.82) is 0 Å². The Morgan fingerprint density at radius 3 is 3.07 bits per heavy atom. The Morgan fingerprint density at radius 2 is 2.43 bits per heavy atom. The maximum atomic E-state index is 4.38. The molecule has 0 spiro atoms. The van der Waals surface area contributed by atoms with Crippen LogP contribution in [0.25, 0.3) is 0 Å². The standard InChI is InChI=1S/C11H19N3/c1-3-4-10-5-7-14(9-10)11-12-6-8-13(11)2/h6,8,10H,3-5,7,9H2,1-2H3. The SMILES string of the molecule is CCCC1CCN(c2nccn2C)C1. The van der Waals surface area contributed by atoms with Crippen molar-refractivity contribution in [2.75, 3.05) is 18.0 Å². The topological polar surface area (TPSA) is 21.1 Å². The molecule has 0 radical (unpaired) electrons. The third-order valence-electron chi connectivity index (χ3n) is 3.06. The summed E-state index contributed by atoms with van der Waals surface area (Å²) < 4.78 is 2.11. The van der Waals surface area contributed by atoms with Crippen molar-refractivity contribution in [2.24, 2.45) is 13.0 Å². The molecule has 1 aliphatic rings. The van der Waals surface area contributed by atoms with Gasteiger partial charge < -0.3 is 9.47 Å². The van der Waals surface area contributed by atoms with Crippen LogP contribution in [0.5, 0.6) is 0 Å². The zero-order valence-electron chi connectivity index (χ0n) is 9.11. The summed E-state index contributed by atoms with van der Waals surface area (Å²) in [5.74, 6) is 2.01. The van der Waals surface area contributed by atoms with E-state index in [4.69, 9.17) is 0 Å². The molecule has 1 aromatic rings. The molecule has 2 heterocycles. The van der Waals surface area contributed by atoms with Crippen molar-refractivity contribution in [3.63, 3.8) is 0 Å². The minimum atomic E-state index is 0.886. The van der Waals surface area contributed by atoms with Crippen molar-refractivity contribution in [3.8, 4) is 0 Å². The van der Waals surface area contributed by atoms with Gasteiger partial charge in [0, 0.05) is 32.5 Å². The fourth-order valence-corrected chi connectivity index (χ4v) is 2.32. The molecule has 0 aromatic carbocycles. The van der Waals surface area contributed by atoms with E-state index in [9.17, 15) is 0 Å². The van der Waals surface area contributed by atoms with E-state index in [1.807, 2.05) is 12.4 Å². The second kappa shape index (κ2) is 4.03. The highest BCUT2D eigenvalue weighted by atomic mass is 15.3. The number of imidazole rings is 1. The number of aryl methyl sites for hydroxylation is 1. The lowest BCUT2D eigenvalue weighted by Crippen LogP contribution is -2.22. The van der Waals surface area contributed by atoms with Crippen LogP contribution >= 0.6 is 0 Å². The number of rotatable bonds is 3. The summed E-state index contributed by atoms with van der Waals surface area (Å²) in [6.07, 6.45) is 7.89.